The molecule has 3 aromatic rings. The molecule has 0 aromatic heterocycles. The van der Waals surface area contributed by atoms with Crippen LogP contribution in [0, 0.1) is 0 Å². The van der Waals surface area contributed by atoms with Crippen molar-refractivity contribution in [2.24, 2.45) is 0 Å². The van der Waals surface area contributed by atoms with Crippen molar-refractivity contribution in [3.63, 3.8) is 0 Å². The van der Waals surface area contributed by atoms with Crippen molar-refractivity contribution in [2.45, 2.75) is 45.3 Å². The topological polar surface area (TPSA) is 96.0 Å². The molecule has 11 heteroatoms. The van der Waals surface area contributed by atoms with Gasteiger partial charge in [-0.1, -0.05) is 71.7 Å². The van der Waals surface area contributed by atoms with E-state index < -0.39 is 34.1 Å². The lowest BCUT2D eigenvalue weighted by Gasteiger charge is -2.35. The molecule has 0 aliphatic heterocycles. The third-order valence-electron chi connectivity index (χ3n) is 6.14. The van der Waals surface area contributed by atoms with E-state index in [0.717, 1.165) is 16.1 Å². The second-order valence-corrected chi connectivity index (χ2v) is 13.4. The molecule has 0 unspecified atom stereocenters. The third-order valence-corrected chi connectivity index (χ3v) is 8.00. The summed E-state index contributed by atoms with van der Waals surface area (Å²) >= 11 is 12.4. The normalized spacial score (nSPS) is 12.4. The first-order valence-electron chi connectivity index (χ1n) is 12.9. The van der Waals surface area contributed by atoms with Gasteiger partial charge >= 0.3 is 0 Å². The molecule has 0 aliphatic carbocycles. The van der Waals surface area contributed by atoms with Gasteiger partial charge in [-0.15, -0.1) is 0 Å². The van der Waals surface area contributed by atoms with E-state index in [1.165, 1.54) is 12.0 Å². The lowest BCUT2D eigenvalue weighted by Crippen LogP contribution is -2.56. The highest BCUT2D eigenvalue weighted by atomic mass is 35.5. The minimum atomic E-state index is -3.93. The molecule has 1 atom stereocenters. The molecule has 1 N–H and O–H groups in total. The van der Waals surface area contributed by atoms with E-state index in [2.05, 4.69) is 5.32 Å². The number of anilines is 1. The summed E-state index contributed by atoms with van der Waals surface area (Å²) in [7, 11) is -2.51. The molecule has 0 saturated carbocycles. The molecule has 0 bridgehead atoms. The molecule has 0 radical (unpaired) electrons. The number of nitrogens with zero attached hydrogens (tertiary/aromatic N) is 2. The Balaban J connectivity index is 2.12. The number of para-hydroxylation sites is 2. The molecular weight excluding hydrogens is 585 g/mol. The highest BCUT2D eigenvalue weighted by Gasteiger charge is 2.35. The monoisotopic (exact) mass is 619 g/mol. The highest BCUT2D eigenvalue weighted by Crippen LogP contribution is 2.30. The maximum Gasteiger partial charge on any atom is 0.244 e. The van der Waals surface area contributed by atoms with Crippen molar-refractivity contribution in [1.29, 1.82) is 0 Å². The molecule has 0 saturated heterocycles. The molecule has 3 rings (SSSR count). The Labute approximate surface area is 252 Å². The Morgan fingerprint density at radius 3 is 2.15 bits per heavy atom. The van der Waals surface area contributed by atoms with Crippen LogP contribution < -0.4 is 14.4 Å². The zero-order valence-electron chi connectivity index (χ0n) is 23.7. The van der Waals surface area contributed by atoms with E-state index in [-0.39, 0.29) is 30.3 Å². The number of sulfonamides is 1. The first kappa shape index (κ1) is 32.2. The number of halogens is 2. The molecule has 220 valence electrons. The number of methoxy groups -OCH3 is 1. The minimum absolute atomic E-state index is 0.0195. The SMILES string of the molecule is COc1ccccc1N(CC(=O)N(Cc1ccc(Cl)c(Cl)c1)[C@H](Cc1ccccc1)C(=O)NC(C)(C)C)S(C)(=O)=O. The molecule has 3 aromatic carbocycles. The van der Waals surface area contributed by atoms with E-state index in [1.54, 1.807) is 42.5 Å². The van der Waals surface area contributed by atoms with Crippen molar-refractivity contribution in [1.82, 2.24) is 10.2 Å². The van der Waals surface area contributed by atoms with E-state index in [0.29, 0.717) is 15.6 Å². The number of carbonyl (C=O) groups excluding carboxylic acids is 2. The minimum Gasteiger partial charge on any atom is -0.495 e. The average molecular weight is 621 g/mol. The van der Waals surface area contributed by atoms with Crippen LogP contribution in [0.1, 0.15) is 31.9 Å². The lowest BCUT2D eigenvalue weighted by atomic mass is 10.0. The Hall–Kier alpha value is -3.27. The van der Waals surface area contributed by atoms with Gasteiger partial charge in [0.25, 0.3) is 0 Å². The van der Waals surface area contributed by atoms with Gasteiger partial charge in [0.15, 0.2) is 0 Å². The molecule has 0 heterocycles. The van der Waals surface area contributed by atoms with Crippen LogP contribution in [0.5, 0.6) is 5.75 Å². The summed E-state index contributed by atoms with van der Waals surface area (Å²) < 4.78 is 32.3. The van der Waals surface area contributed by atoms with Gasteiger partial charge < -0.3 is 15.0 Å². The summed E-state index contributed by atoms with van der Waals surface area (Å²) in [5.41, 5.74) is 1.08. The largest absolute Gasteiger partial charge is 0.495 e. The lowest BCUT2D eigenvalue weighted by molar-refractivity contribution is -0.140. The van der Waals surface area contributed by atoms with Crippen molar-refractivity contribution >= 4 is 50.7 Å². The molecular formula is C30H35Cl2N3O5S. The number of hydrogen-bond acceptors (Lipinski definition) is 5. The zero-order chi connectivity index (χ0) is 30.4. The van der Waals surface area contributed by atoms with Crippen LogP contribution in [0.25, 0.3) is 0 Å². The van der Waals surface area contributed by atoms with E-state index in [9.17, 15) is 18.0 Å². The quantitative estimate of drug-likeness (QED) is 0.313. The number of amides is 2. The smallest absolute Gasteiger partial charge is 0.244 e. The van der Waals surface area contributed by atoms with Crippen molar-refractivity contribution in [3.05, 3.63) is 94.0 Å². The Morgan fingerprint density at radius 2 is 1.56 bits per heavy atom. The van der Waals surface area contributed by atoms with Crippen LogP contribution in [0.3, 0.4) is 0 Å². The predicted octanol–water partition coefficient (Wildman–Crippen LogP) is 5.32. The maximum absolute atomic E-state index is 14.2. The number of rotatable bonds is 11. The van der Waals surface area contributed by atoms with Crippen LogP contribution in [-0.2, 0) is 32.6 Å². The number of carbonyl (C=O) groups is 2. The van der Waals surface area contributed by atoms with E-state index in [1.807, 2.05) is 51.1 Å². The van der Waals surface area contributed by atoms with Gasteiger partial charge in [-0.3, -0.25) is 13.9 Å². The number of hydrogen-bond donors (Lipinski definition) is 1. The summed E-state index contributed by atoms with van der Waals surface area (Å²) in [5, 5.41) is 3.62. The average Bonchev–Trinajstić information content (AvgIpc) is 2.90. The number of benzene rings is 3. The summed E-state index contributed by atoms with van der Waals surface area (Å²) in [5.74, 6) is -0.677. The number of ether oxygens (including phenoxy) is 1. The first-order valence-corrected chi connectivity index (χ1v) is 15.5. The second-order valence-electron chi connectivity index (χ2n) is 10.7. The number of nitrogens with one attached hydrogen (secondary N) is 1. The Morgan fingerprint density at radius 1 is 0.927 bits per heavy atom. The Kier molecular flexibility index (Phi) is 10.7. The standard InChI is InChI=1S/C30H35Cl2N3O5S/c1-30(2,3)33-29(37)26(18-21-11-7-6-8-12-21)34(19-22-15-16-23(31)24(32)17-22)28(36)20-35(41(5,38)39)25-13-9-10-14-27(25)40-4/h6-17,26H,18-20H2,1-5H3,(H,33,37)/t26-/m1/s1. The van der Waals surface area contributed by atoms with Gasteiger partial charge in [-0.25, -0.2) is 8.42 Å². The van der Waals surface area contributed by atoms with Gasteiger partial charge in [0.1, 0.15) is 18.3 Å². The Bertz CT molecular complexity index is 1480. The van der Waals surface area contributed by atoms with Gasteiger partial charge in [-0.2, -0.15) is 0 Å². The van der Waals surface area contributed by atoms with Crippen LogP contribution in [-0.4, -0.2) is 56.6 Å². The van der Waals surface area contributed by atoms with Crippen LogP contribution in [0.15, 0.2) is 72.8 Å². The fourth-order valence-corrected chi connectivity index (χ4v) is 5.45. The van der Waals surface area contributed by atoms with Crippen molar-refractivity contribution in [2.75, 3.05) is 24.2 Å². The molecule has 8 nitrogen and oxygen atoms in total. The van der Waals surface area contributed by atoms with Gasteiger partial charge in [0, 0.05) is 18.5 Å². The summed E-state index contributed by atoms with van der Waals surface area (Å²) in [4.78, 5) is 29.3. The fourth-order valence-electron chi connectivity index (χ4n) is 4.27. The summed E-state index contributed by atoms with van der Waals surface area (Å²) in [6.07, 6.45) is 1.22. The van der Waals surface area contributed by atoms with Gasteiger partial charge in [0.2, 0.25) is 21.8 Å². The van der Waals surface area contributed by atoms with Crippen LogP contribution in [0.2, 0.25) is 10.0 Å². The summed E-state index contributed by atoms with van der Waals surface area (Å²) in [6, 6.07) is 19.8. The van der Waals surface area contributed by atoms with Crippen LogP contribution in [0.4, 0.5) is 5.69 Å². The zero-order valence-corrected chi connectivity index (χ0v) is 26.1. The van der Waals surface area contributed by atoms with Crippen molar-refractivity contribution in [3.8, 4) is 5.75 Å². The molecule has 0 aliphatic rings. The summed E-state index contributed by atoms with van der Waals surface area (Å²) in [6.45, 7) is 4.97. The van der Waals surface area contributed by atoms with E-state index >= 15 is 0 Å². The van der Waals surface area contributed by atoms with Crippen LogP contribution >= 0.6 is 23.2 Å². The highest BCUT2D eigenvalue weighted by molar-refractivity contribution is 7.92. The molecule has 41 heavy (non-hydrogen) atoms. The van der Waals surface area contributed by atoms with E-state index in [4.69, 9.17) is 27.9 Å². The first-order chi connectivity index (χ1) is 19.2. The second kappa shape index (κ2) is 13.6. The van der Waals surface area contributed by atoms with Gasteiger partial charge in [0.05, 0.1) is 29.1 Å². The molecule has 0 spiro atoms. The molecule has 0 fully saturated rings. The van der Waals surface area contributed by atoms with Gasteiger partial charge in [-0.05, 0) is 56.2 Å². The third kappa shape index (κ3) is 9.11. The maximum atomic E-state index is 14.2. The van der Waals surface area contributed by atoms with Crippen molar-refractivity contribution < 1.29 is 22.7 Å². The predicted molar refractivity (Wildman–Crippen MR) is 164 cm³/mol. The molecule has 2 amide bonds. The fraction of sp³-hybridized carbons (Fsp3) is 0.333.